The molecular formula is C10H16N4O5S. The molecule has 1 aromatic heterocycles. The molecule has 0 saturated carbocycles. The average molecular weight is 304 g/mol. The Morgan fingerprint density at radius 1 is 1.55 bits per heavy atom. The second-order valence-electron chi connectivity index (χ2n) is 4.52. The Morgan fingerprint density at radius 3 is 2.90 bits per heavy atom. The lowest BCUT2D eigenvalue weighted by Gasteiger charge is -2.31. The molecule has 0 amide bonds. The molecule has 1 aliphatic heterocycles. The van der Waals surface area contributed by atoms with Gasteiger partial charge in [-0.25, -0.2) is 0 Å². The highest BCUT2D eigenvalue weighted by Crippen LogP contribution is 2.20. The first-order valence-electron chi connectivity index (χ1n) is 6.18. The normalized spacial score (nSPS) is 20.9. The summed E-state index contributed by atoms with van der Waals surface area (Å²) in [6.07, 6.45) is 1.66. The molecule has 9 nitrogen and oxygen atoms in total. The van der Waals surface area contributed by atoms with E-state index in [1.54, 1.807) is 6.92 Å². The van der Waals surface area contributed by atoms with Crippen LogP contribution in [0.4, 0.5) is 0 Å². The van der Waals surface area contributed by atoms with Crippen molar-refractivity contribution in [2.45, 2.75) is 38.8 Å². The van der Waals surface area contributed by atoms with Crippen LogP contribution in [-0.2, 0) is 21.5 Å². The first-order valence-corrected chi connectivity index (χ1v) is 7.62. The smallest absolute Gasteiger partial charge is 0.322 e. The molecule has 1 unspecified atom stereocenters. The Labute approximate surface area is 116 Å². The third kappa shape index (κ3) is 3.32. The van der Waals surface area contributed by atoms with Crippen LogP contribution in [-0.4, -0.2) is 46.5 Å². The van der Waals surface area contributed by atoms with Gasteiger partial charge in [0.2, 0.25) is 5.89 Å². The number of nitrogens with zero attached hydrogens (tertiary/aromatic N) is 3. The van der Waals surface area contributed by atoms with Crippen LogP contribution in [0.15, 0.2) is 4.52 Å². The van der Waals surface area contributed by atoms with Crippen LogP contribution in [0.1, 0.15) is 31.0 Å². The van der Waals surface area contributed by atoms with Crippen molar-refractivity contribution in [2.75, 3.05) is 6.54 Å². The van der Waals surface area contributed by atoms with E-state index in [0.29, 0.717) is 25.1 Å². The quantitative estimate of drug-likeness (QED) is 0.761. The Kier molecular flexibility index (Phi) is 4.35. The molecule has 0 bridgehead atoms. The van der Waals surface area contributed by atoms with Crippen LogP contribution >= 0.6 is 0 Å². The standard InChI is InChI=1S/C10H16N4O5S/c1-7-12-9(19-13-7)6-11-20(17,18)14-5-3-2-4-8(14)10(15)16/h8,11H,2-6H2,1H3,(H,15,16). The summed E-state index contributed by atoms with van der Waals surface area (Å²) in [6.45, 7) is 1.65. The molecule has 10 heteroatoms. The molecule has 2 heterocycles. The second-order valence-corrected chi connectivity index (χ2v) is 6.23. The van der Waals surface area contributed by atoms with Gasteiger partial charge in [0.15, 0.2) is 5.82 Å². The van der Waals surface area contributed by atoms with E-state index in [9.17, 15) is 13.2 Å². The zero-order chi connectivity index (χ0) is 14.8. The van der Waals surface area contributed by atoms with Crippen molar-refractivity contribution < 1.29 is 22.8 Å². The molecule has 0 radical (unpaired) electrons. The third-order valence-corrected chi connectivity index (χ3v) is 4.59. The van der Waals surface area contributed by atoms with Gasteiger partial charge in [-0.1, -0.05) is 5.16 Å². The molecule has 2 N–H and O–H groups in total. The van der Waals surface area contributed by atoms with Crippen LogP contribution in [0.2, 0.25) is 0 Å². The van der Waals surface area contributed by atoms with Crippen molar-refractivity contribution in [1.82, 2.24) is 19.2 Å². The summed E-state index contributed by atoms with van der Waals surface area (Å²) >= 11 is 0. The summed E-state index contributed by atoms with van der Waals surface area (Å²) in [5.41, 5.74) is 0. The fraction of sp³-hybridized carbons (Fsp3) is 0.700. The minimum Gasteiger partial charge on any atom is -0.480 e. The van der Waals surface area contributed by atoms with Gasteiger partial charge in [0.1, 0.15) is 6.04 Å². The molecule has 1 fully saturated rings. The van der Waals surface area contributed by atoms with Crippen molar-refractivity contribution in [3.63, 3.8) is 0 Å². The summed E-state index contributed by atoms with van der Waals surface area (Å²) < 4.78 is 32.3. The zero-order valence-corrected chi connectivity index (χ0v) is 11.8. The molecule has 0 aromatic carbocycles. The molecule has 20 heavy (non-hydrogen) atoms. The van der Waals surface area contributed by atoms with Crippen LogP contribution in [0.5, 0.6) is 0 Å². The number of hydrogen-bond acceptors (Lipinski definition) is 6. The van der Waals surface area contributed by atoms with E-state index in [4.69, 9.17) is 9.63 Å². The average Bonchev–Trinajstić information content (AvgIpc) is 2.82. The summed E-state index contributed by atoms with van der Waals surface area (Å²) in [7, 11) is -3.89. The minimum atomic E-state index is -3.89. The van der Waals surface area contributed by atoms with Crippen molar-refractivity contribution in [3.05, 3.63) is 11.7 Å². The van der Waals surface area contributed by atoms with Gasteiger partial charge >= 0.3 is 5.97 Å². The number of nitrogens with one attached hydrogen (secondary N) is 1. The minimum absolute atomic E-state index is 0.134. The number of carbonyl (C=O) groups is 1. The molecule has 0 aliphatic carbocycles. The van der Waals surface area contributed by atoms with Crippen molar-refractivity contribution in [3.8, 4) is 0 Å². The van der Waals surface area contributed by atoms with Gasteiger partial charge < -0.3 is 9.63 Å². The summed E-state index contributed by atoms with van der Waals surface area (Å²) in [5, 5.41) is 12.6. The monoisotopic (exact) mass is 304 g/mol. The predicted molar refractivity (Wildman–Crippen MR) is 66.8 cm³/mol. The maximum atomic E-state index is 12.1. The Balaban J connectivity index is 2.06. The van der Waals surface area contributed by atoms with Crippen LogP contribution in [0.3, 0.4) is 0 Å². The molecule has 1 saturated heterocycles. The summed E-state index contributed by atoms with van der Waals surface area (Å²) in [6, 6.07) is -1.02. The van der Waals surface area contributed by atoms with E-state index in [-0.39, 0.29) is 19.0 Å². The van der Waals surface area contributed by atoms with Gasteiger partial charge in [-0.2, -0.15) is 22.4 Å². The zero-order valence-electron chi connectivity index (χ0n) is 10.9. The third-order valence-electron chi connectivity index (χ3n) is 3.02. The number of hydrogen-bond donors (Lipinski definition) is 2. The molecule has 2 rings (SSSR count). The number of aryl methyl sites for hydroxylation is 1. The number of piperidine rings is 1. The van der Waals surface area contributed by atoms with E-state index in [0.717, 1.165) is 4.31 Å². The van der Waals surface area contributed by atoms with Crippen LogP contribution in [0, 0.1) is 6.92 Å². The van der Waals surface area contributed by atoms with E-state index < -0.39 is 22.2 Å². The fourth-order valence-corrected chi connectivity index (χ4v) is 3.46. The SMILES string of the molecule is Cc1noc(CNS(=O)(=O)N2CCCCC2C(=O)O)n1. The van der Waals surface area contributed by atoms with Gasteiger partial charge in [-0.15, -0.1) is 0 Å². The number of aromatic nitrogens is 2. The number of aliphatic carboxylic acids is 1. The largest absolute Gasteiger partial charge is 0.480 e. The van der Waals surface area contributed by atoms with Crippen LogP contribution in [0.25, 0.3) is 0 Å². The Hall–Kier alpha value is -1.52. The van der Waals surface area contributed by atoms with Crippen molar-refractivity contribution >= 4 is 16.2 Å². The summed E-state index contributed by atoms with van der Waals surface area (Å²) in [5.74, 6) is -0.598. The van der Waals surface area contributed by atoms with Gasteiger partial charge in [-0.05, 0) is 26.2 Å². The highest BCUT2D eigenvalue weighted by molar-refractivity contribution is 7.87. The molecular weight excluding hydrogens is 288 g/mol. The lowest BCUT2D eigenvalue weighted by atomic mass is 10.1. The topological polar surface area (TPSA) is 126 Å². The first kappa shape index (κ1) is 14.9. The van der Waals surface area contributed by atoms with Crippen molar-refractivity contribution in [1.29, 1.82) is 0 Å². The second kappa shape index (κ2) is 5.85. The van der Waals surface area contributed by atoms with Gasteiger partial charge in [0, 0.05) is 6.54 Å². The highest BCUT2D eigenvalue weighted by Gasteiger charge is 2.36. The van der Waals surface area contributed by atoms with Gasteiger partial charge in [-0.3, -0.25) is 4.79 Å². The van der Waals surface area contributed by atoms with E-state index in [2.05, 4.69) is 14.9 Å². The first-order chi connectivity index (χ1) is 9.40. The molecule has 1 aromatic rings. The van der Waals surface area contributed by atoms with E-state index in [1.807, 2.05) is 0 Å². The maximum Gasteiger partial charge on any atom is 0.322 e. The molecule has 112 valence electrons. The van der Waals surface area contributed by atoms with Gasteiger partial charge in [0.05, 0.1) is 6.54 Å². The lowest BCUT2D eigenvalue weighted by Crippen LogP contribution is -2.51. The molecule has 1 atom stereocenters. The predicted octanol–water partition coefficient (Wildman–Crippen LogP) is -0.348. The fourth-order valence-electron chi connectivity index (χ4n) is 2.09. The van der Waals surface area contributed by atoms with Gasteiger partial charge in [0.25, 0.3) is 10.2 Å². The van der Waals surface area contributed by atoms with Crippen molar-refractivity contribution in [2.24, 2.45) is 0 Å². The maximum absolute atomic E-state index is 12.1. The molecule has 0 spiro atoms. The number of carboxylic acids is 1. The highest BCUT2D eigenvalue weighted by atomic mass is 32.2. The number of carboxylic acid groups (broad SMARTS) is 1. The van der Waals surface area contributed by atoms with E-state index in [1.165, 1.54) is 0 Å². The van der Waals surface area contributed by atoms with E-state index >= 15 is 0 Å². The number of rotatable bonds is 5. The Morgan fingerprint density at radius 2 is 2.30 bits per heavy atom. The van der Waals surface area contributed by atoms with Crippen LogP contribution < -0.4 is 4.72 Å². The Bertz CT molecular complexity index is 584. The lowest BCUT2D eigenvalue weighted by molar-refractivity contribution is -0.142. The molecule has 1 aliphatic rings. The summed E-state index contributed by atoms with van der Waals surface area (Å²) in [4.78, 5) is 15.0.